The summed E-state index contributed by atoms with van der Waals surface area (Å²) in [4.78, 5) is 17.4. The molecule has 1 saturated carbocycles. The van der Waals surface area contributed by atoms with Crippen LogP contribution < -0.4 is 5.32 Å². The lowest BCUT2D eigenvalue weighted by Gasteiger charge is -2.31. The van der Waals surface area contributed by atoms with Gasteiger partial charge in [0.2, 0.25) is 0 Å². The maximum atomic E-state index is 12.5. The number of amides is 1. The van der Waals surface area contributed by atoms with Gasteiger partial charge >= 0.3 is 0 Å². The third kappa shape index (κ3) is 4.06. The van der Waals surface area contributed by atoms with Crippen molar-refractivity contribution in [3.05, 3.63) is 17.5 Å². The van der Waals surface area contributed by atoms with E-state index in [4.69, 9.17) is 4.52 Å². The van der Waals surface area contributed by atoms with E-state index in [0.29, 0.717) is 17.5 Å². The number of hydrogen-bond acceptors (Lipinski definition) is 5. The van der Waals surface area contributed by atoms with E-state index >= 15 is 0 Å². The third-order valence-electron chi connectivity index (χ3n) is 6.10. The molecule has 1 aliphatic carbocycles. The first kappa shape index (κ1) is 17.0. The highest BCUT2D eigenvalue weighted by molar-refractivity contribution is 5.92. The highest BCUT2D eigenvalue weighted by atomic mass is 16.5. The minimum absolute atomic E-state index is 0.0892. The molecule has 1 amide bonds. The normalized spacial score (nSPS) is 29.2. The van der Waals surface area contributed by atoms with Crippen molar-refractivity contribution in [2.75, 3.05) is 39.8 Å². The molecular formula is C19H30N4O2. The SMILES string of the molecule is C[C@H]1CN(CC2CCN(C)CC2)C[C@@H]1NC(=O)c1cc(C2CC2)on1. The predicted octanol–water partition coefficient (Wildman–Crippen LogP) is 1.94. The maximum Gasteiger partial charge on any atom is 0.273 e. The van der Waals surface area contributed by atoms with Crippen LogP contribution in [0.4, 0.5) is 0 Å². The predicted molar refractivity (Wildman–Crippen MR) is 95.6 cm³/mol. The summed E-state index contributed by atoms with van der Waals surface area (Å²) in [6.45, 7) is 7.85. The van der Waals surface area contributed by atoms with E-state index in [1.807, 2.05) is 6.07 Å². The summed E-state index contributed by atoms with van der Waals surface area (Å²) >= 11 is 0. The van der Waals surface area contributed by atoms with Crippen LogP contribution in [0.5, 0.6) is 0 Å². The van der Waals surface area contributed by atoms with Crippen molar-refractivity contribution in [2.45, 2.75) is 44.6 Å². The molecule has 4 rings (SSSR count). The molecule has 2 saturated heterocycles. The van der Waals surface area contributed by atoms with Crippen molar-refractivity contribution in [1.82, 2.24) is 20.3 Å². The second-order valence-electron chi connectivity index (χ2n) is 8.41. The zero-order chi connectivity index (χ0) is 17.4. The van der Waals surface area contributed by atoms with E-state index in [9.17, 15) is 4.79 Å². The first-order valence-electron chi connectivity index (χ1n) is 9.77. The molecule has 0 unspecified atom stereocenters. The highest BCUT2D eigenvalue weighted by Crippen LogP contribution is 2.40. The smallest absolute Gasteiger partial charge is 0.273 e. The van der Waals surface area contributed by atoms with Crippen molar-refractivity contribution in [3.8, 4) is 0 Å². The van der Waals surface area contributed by atoms with Crippen LogP contribution in [-0.2, 0) is 0 Å². The standard InChI is InChI=1S/C19H30N4O2/c1-13-10-23(11-14-5-7-22(2)8-6-14)12-17(13)20-19(24)16-9-18(25-21-16)15-3-4-15/h9,13-15,17H,3-8,10-12H2,1-2H3,(H,20,24)/t13-,17-/m0/s1. The van der Waals surface area contributed by atoms with Crippen LogP contribution >= 0.6 is 0 Å². The number of nitrogens with zero attached hydrogens (tertiary/aromatic N) is 3. The summed E-state index contributed by atoms with van der Waals surface area (Å²) in [5.41, 5.74) is 0.433. The minimum atomic E-state index is -0.0892. The van der Waals surface area contributed by atoms with Gasteiger partial charge in [0.15, 0.2) is 5.69 Å². The van der Waals surface area contributed by atoms with Gasteiger partial charge < -0.3 is 19.6 Å². The number of carbonyl (C=O) groups is 1. The van der Waals surface area contributed by atoms with Gasteiger partial charge in [0.25, 0.3) is 5.91 Å². The van der Waals surface area contributed by atoms with Crippen molar-refractivity contribution >= 4 is 5.91 Å². The number of likely N-dealkylation sites (tertiary alicyclic amines) is 2. The van der Waals surface area contributed by atoms with E-state index in [1.165, 1.54) is 32.5 Å². The van der Waals surface area contributed by atoms with Crippen LogP contribution in [0.25, 0.3) is 0 Å². The summed E-state index contributed by atoms with van der Waals surface area (Å²) in [7, 11) is 2.21. The minimum Gasteiger partial charge on any atom is -0.360 e. The van der Waals surface area contributed by atoms with Crippen LogP contribution in [0.2, 0.25) is 0 Å². The number of piperidine rings is 1. The number of rotatable bonds is 5. The second-order valence-corrected chi connectivity index (χ2v) is 8.41. The Kier molecular flexibility index (Phi) is 4.82. The second kappa shape index (κ2) is 7.08. The number of carbonyl (C=O) groups excluding carboxylic acids is 1. The van der Waals surface area contributed by atoms with E-state index in [2.05, 4.69) is 34.2 Å². The Morgan fingerprint density at radius 1 is 1.28 bits per heavy atom. The number of nitrogens with one attached hydrogen (secondary N) is 1. The van der Waals surface area contributed by atoms with Crippen molar-refractivity contribution in [1.29, 1.82) is 0 Å². The molecule has 1 N–H and O–H groups in total. The van der Waals surface area contributed by atoms with Gasteiger partial charge in [-0.1, -0.05) is 12.1 Å². The quantitative estimate of drug-likeness (QED) is 0.883. The molecule has 0 aromatic carbocycles. The summed E-state index contributed by atoms with van der Waals surface area (Å²) in [6, 6.07) is 2.03. The van der Waals surface area contributed by atoms with E-state index < -0.39 is 0 Å². The maximum absolute atomic E-state index is 12.5. The third-order valence-corrected chi connectivity index (χ3v) is 6.10. The Hall–Kier alpha value is -1.40. The molecule has 3 heterocycles. The Labute approximate surface area is 149 Å². The average Bonchev–Trinajstić information content (AvgIpc) is 3.22. The first-order valence-corrected chi connectivity index (χ1v) is 9.77. The van der Waals surface area contributed by atoms with Crippen molar-refractivity contribution in [3.63, 3.8) is 0 Å². The highest BCUT2D eigenvalue weighted by Gasteiger charge is 2.34. The van der Waals surface area contributed by atoms with Gasteiger partial charge in [0.1, 0.15) is 5.76 Å². The Balaban J connectivity index is 1.28. The Morgan fingerprint density at radius 2 is 2.04 bits per heavy atom. The number of aromatic nitrogens is 1. The van der Waals surface area contributed by atoms with Crippen molar-refractivity contribution in [2.24, 2.45) is 11.8 Å². The molecule has 3 aliphatic rings. The lowest BCUT2D eigenvalue weighted by Crippen LogP contribution is -2.41. The largest absolute Gasteiger partial charge is 0.360 e. The molecule has 1 aromatic rings. The van der Waals surface area contributed by atoms with Gasteiger partial charge in [0, 0.05) is 37.7 Å². The fraction of sp³-hybridized carbons (Fsp3) is 0.789. The molecule has 0 radical (unpaired) electrons. The summed E-state index contributed by atoms with van der Waals surface area (Å²) in [6.07, 6.45) is 4.90. The van der Waals surface area contributed by atoms with Gasteiger partial charge in [0.05, 0.1) is 0 Å². The first-order chi connectivity index (χ1) is 12.1. The molecule has 6 heteroatoms. The molecule has 138 valence electrons. The van der Waals surface area contributed by atoms with Crippen LogP contribution in [0.3, 0.4) is 0 Å². The van der Waals surface area contributed by atoms with Crippen molar-refractivity contribution < 1.29 is 9.32 Å². The van der Waals surface area contributed by atoms with Gasteiger partial charge in [-0.2, -0.15) is 0 Å². The average molecular weight is 346 g/mol. The Morgan fingerprint density at radius 3 is 2.76 bits per heavy atom. The van der Waals surface area contributed by atoms with Crippen LogP contribution in [0, 0.1) is 11.8 Å². The summed E-state index contributed by atoms with van der Waals surface area (Å²) < 4.78 is 5.31. The monoisotopic (exact) mass is 346 g/mol. The molecule has 6 nitrogen and oxygen atoms in total. The lowest BCUT2D eigenvalue weighted by molar-refractivity contribution is 0.0921. The van der Waals surface area contributed by atoms with E-state index in [0.717, 1.165) is 37.6 Å². The zero-order valence-electron chi connectivity index (χ0n) is 15.4. The van der Waals surface area contributed by atoms with Gasteiger partial charge in [-0.05, 0) is 57.7 Å². The zero-order valence-corrected chi connectivity index (χ0v) is 15.4. The van der Waals surface area contributed by atoms with Crippen LogP contribution in [0.1, 0.15) is 54.8 Å². The fourth-order valence-electron chi connectivity index (χ4n) is 4.21. The van der Waals surface area contributed by atoms with Gasteiger partial charge in [-0.15, -0.1) is 0 Å². The molecule has 2 atom stereocenters. The summed E-state index contributed by atoms with van der Waals surface area (Å²) in [5, 5.41) is 7.14. The molecule has 25 heavy (non-hydrogen) atoms. The van der Waals surface area contributed by atoms with Gasteiger partial charge in [-0.25, -0.2) is 0 Å². The molecule has 1 aromatic heterocycles. The number of hydrogen-bond donors (Lipinski definition) is 1. The topological polar surface area (TPSA) is 61.6 Å². The lowest BCUT2D eigenvalue weighted by atomic mass is 9.97. The van der Waals surface area contributed by atoms with Crippen LogP contribution in [-0.4, -0.2) is 66.7 Å². The Bertz CT molecular complexity index is 604. The summed E-state index contributed by atoms with van der Waals surface area (Å²) in [5.74, 6) is 2.55. The molecule has 2 aliphatic heterocycles. The molecule has 0 spiro atoms. The molecule has 0 bridgehead atoms. The fourth-order valence-corrected chi connectivity index (χ4v) is 4.21. The van der Waals surface area contributed by atoms with E-state index in [1.54, 1.807) is 0 Å². The van der Waals surface area contributed by atoms with E-state index in [-0.39, 0.29) is 11.9 Å². The van der Waals surface area contributed by atoms with Crippen LogP contribution in [0.15, 0.2) is 10.6 Å². The van der Waals surface area contributed by atoms with Gasteiger partial charge in [-0.3, -0.25) is 4.79 Å². The molecule has 3 fully saturated rings. The molecular weight excluding hydrogens is 316 g/mol.